The van der Waals surface area contributed by atoms with E-state index in [9.17, 15) is 18.7 Å². The van der Waals surface area contributed by atoms with Crippen molar-refractivity contribution in [3.8, 4) is 0 Å². The third kappa shape index (κ3) is 6.33. The van der Waals surface area contributed by atoms with Gasteiger partial charge in [-0.05, 0) is 36.4 Å². The molecule has 0 bridgehead atoms. The molecule has 4 N–H and O–H groups in total. The number of hydrogen-bond acceptors (Lipinski definition) is 5. The van der Waals surface area contributed by atoms with Crippen molar-refractivity contribution in [3.63, 3.8) is 0 Å². The Morgan fingerprint density at radius 1 is 1.16 bits per heavy atom. The van der Waals surface area contributed by atoms with Crippen LogP contribution in [0.2, 0.25) is 0 Å². The molecular formula is C17H18F2N2O3S. The van der Waals surface area contributed by atoms with Gasteiger partial charge >= 0.3 is 0 Å². The zero-order chi connectivity index (χ0) is 18.2. The first-order valence-electron chi connectivity index (χ1n) is 7.48. The van der Waals surface area contributed by atoms with Gasteiger partial charge in [-0.3, -0.25) is 4.79 Å². The molecule has 0 saturated heterocycles. The van der Waals surface area contributed by atoms with E-state index >= 15 is 0 Å². The smallest absolute Gasteiger partial charge is 0.234 e. The molecule has 0 heterocycles. The van der Waals surface area contributed by atoms with Crippen molar-refractivity contribution in [1.29, 1.82) is 0 Å². The number of carbonyl (C=O) groups excluding carboxylic acids is 1. The Labute approximate surface area is 148 Å². The zero-order valence-electron chi connectivity index (χ0n) is 13.2. The van der Waals surface area contributed by atoms with Crippen LogP contribution in [0, 0.1) is 11.6 Å². The molecule has 0 aromatic heterocycles. The lowest BCUT2D eigenvalue weighted by Gasteiger charge is -2.10. The molecule has 134 valence electrons. The number of aliphatic hydroxyl groups excluding tert-OH is 2. The molecule has 25 heavy (non-hydrogen) atoms. The van der Waals surface area contributed by atoms with E-state index in [1.165, 1.54) is 11.8 Å². The Balaban J connectivity index is 1.82. The van der Waals surface area contributed by atoms with Gasteiger partial charge < -0.3 is 20.8 Å². The van der Waals surface area contributed by atoms with Crippen LogP contribution in [0.4, 0.5) is 20.2 Å². The summed E-state index contributed by atoms with van der Waals surface area (Å²) in [6.45, 7) is -0.0907. The van der Waals surface area contributed by atoms with Crippen molar-refractivity contribution in [2.24, 2.45) is 0 Å². The molecule has 0 saturated carbocycles. The maximum Gasteiger partial charge on any atom is 0.234 e. The lowest BCUT2D eigenvalue weighted by molar-refractivity contribution is -0.113. The van der Waals surface area contributed by atoms with Crippen molar-refractivity contribution >= 4 is 29.0 Å². The molecule has 8 heteroatoms. The van der Waals surface area contributed by atoms with Gasteiger partial charge in [-0.15, -0.1) is 11.8 Å². The minimum absolute atomic E-state index is 0.0476. The maximum absolute atomic E-state index is 13.5. The molecular weight excluding hydrogens is 350 g/mol. The molecule has 0 radical (unpaired) electrons. The minimum atomic E-state index is -0.832. The second kappa shape index (κ2) is 9.36. The van der Waals surface area contributed by atoms with Crippen molar-refractivity contribution < 1.29 is 23.8 Å². The van der Waals surface area contributed by atoms with E-state index in [0.29, 0.717) is 0 Å². The van der Waals surface area contributed by atoms with E-state index in [4.69, 9.17) is 5.11 Å². The summed E-state index contributed by atoms with van der Waals surface area (Å²) in [4.78, 5) is 12.7. The number of anilines is 2. The van der Waals surface area contributed by atoms with Gasteiger partial charge in [0, 0.05) is 23.2 Å². The number of thioether (sulfide) groups is 1. The summed E-state index contributed by atoms with van der Waals surface area (Å²) in [6.07, 6.45) is -0.832. The highest BCUT2D eigenvalue weighted by molar-refractivity contribution is 8.00. The highest BCUT2D eigenvalue weighted by Gasteiger charge is 2.09. The molecule has 2 aromatic carbocycles. The van der Waals surface area contributed by atoms with Gasteiger partial charge in [0.15, 0.2) is 0 Å². The van der Waals surface area contributed by atoms with E-state index < -0.39 is 23.6 Å². The average Bonchev–Trinajstić information content (AvgIpc) is 2.61. The maximum atomic E-state index is 13.5. The monoisotopic (exact) mass is 368 g/mol. The van der Waals surface area contributed by atoms with Crippen molar-refractivity contribution in [1.82, 2.24) is 0 Å². The molecule has 0 aliphatic heterocycles. The Morgan fingerprint density at radius 3 is 2.56 bits per heavy atom. The first-order chi connectivity index (χ1) is 12.0. The van der Waals surface area contributed by atoms with Crippen LogP contribution in [0.5, 0.6) is 0 Å². The predicted molar refractivity (Wildman–Crippen MR) is 93.7 cm³/mol. The topological polar surface area (TPSA) is 81.6 Å². The molecule has 0 aliphatic rings. The molecule has 1 atom stereocenters. The van der Waals surface area contributed by atoms with Gasteiger partial charge in [-0.1, -0.05) is 0 Å². The highest BCUT2D eigenvalue weighted by atomic mass is 32.2. The van der Waals surface area contributed by atoms with Gasteiger partial charge in [0.25, 0.3) is 0 Å². The summed E-state index contributed by atoms with van der Waals surface area (Å²) >= 11 is 1.25. The van der Waals surface area contributed by atoms with E-state index in [-0.39, 0.29) is 24.6 Å². The zero-order valence-corrected chi connectivity index (χ0v) is 14.0. The Hall–Kier alpha value is -2.16. The van der Waals surface area contributed by atoms with Crippen LogP contribution in [0.15, 0.2) is 47.4 Å². The molecule has 0 spiro atoms. The summed E-state index contributed by atoms with van der Waals surface area (Å²) in [5, 5.41) is 23.3. The average molecular weight is 368 g/mol. The first kappa shape index (κ1) is 19.2. The number of halogens is 2. The summed E-state index contributed by atoms with van der Waals surface area (Å²) in [7, 11) is 0. The molecule has 0 aliphatic carbocycles. The van der Waals surface area contributed by atoms with Crippen LogP contribution >= 0.6 is 11.8 Å². The summed E-state index contributed by atoms with van der Waals surface area (Å²) < 4.78 is 26.5. The van der Waals surface area contributed by atoms with E-state index in [0.717, 1.165) is 28.8 Å². The Bertz CT molecular complexity index is 714. The Kier molecular flexibility index (Phi) is 7.17. The summed E-state index contributed by atoms with van der Waals surface area (Å²) in [6, 6.07) is 9.99. The number of aliphatic hydroxyl groups is 2. The molecule has 1 amide bonds. The summed E-state index contributed by atoms with van der Waals surface area (Å²) in [5.41, 5.74) is 0.579. The van der Waals surface area contributed by atoms with Crippen LogP contribution in [-0.4, -0.2) is 41.1 Å². The van der Waals surface area contributed by atoms with Crippen LogP contribution in [-0.2, 0) is 4.79 Å². The molecule has 2 rings (SSSR count). The van der Waals surface area contributed by atoms with Gasteiger partial charge in [0.1, 0.15) is 11.6 Å². The van der Waals surface area contributed by atoms with E-state index in [1.54, 1.807) is 24.3 Å². The fourth-order valence-corrected chi connectivity index (χ4v) is 2.60. The van der Waals surface area contributed by atoms with Crippen LogP contribution in [0.3, 0.4) is 0 Å². The predicted octanol–water partition coefficient (Wildman–Crippen LogP) is 2.46. The third-order valence-electron chi connectivity index (χ3n) is 3.18. The molecule has 2 aromatic rings. The van der Waals surface area contributed by atoms with Crippen LogP contribution < -0.4 is 10.6 Å². The quantitative estimate of drug-likeness (QED) is 0.538. The minimum Gasteiger partial charge on any atom is -0.394 e. The highest BCUT2D eigenvalue weighted by Crippen LogP contribution is 2.21. The molecule has 0 fully saturated rings. The number of carbonyl (C=O) groups is 1. The van der Waals surface area contributed by atoms with Gasteiger partial charge in [-0.25, -0.2) is 8.78 Å². The molecule has 5 nitrogen and oxygen atoms in total. The normalized spacial score (nSPS) is 11.8. The fourth-order valence-electron chi connectivity index (χ4n) is 1.90. The van der Waals surface area contributed by atoms with Crippen LogP contribution in [0.1, 0.15) is 0 Å². The van der Waals surface area contributed by atoms with Crippen molar-refractivity contribution in [2.45, 2.75) is 11.0 Å². The lowest BCUT2D eigenvalue weighted by atomic mass is 10.3. The number of amides is 1. The van der Waals surface area contributed by atoms with Crippen LogP contribution in [0.25, 0.3) is 0 Å². The second-order valence-corrected chi connectivity index (χ2v) is 6.25. The lowest BCUT2D eigenvalue weighted by Crippen LogP contribution is -2.22. The Morgan fingerprint density at radius 2 is 1.88 bits per heavy atom. The van der Waals surface area contributed by atoms with Gasteiger partial charge in [0.05, 0.1) is 24.2 Å². The van der Waals surface area contributed by atoms with Gasteiger partial charge in [-0.2, -0.15) is 0 Å². The van der Waals surface area contributed by atoms with Crippen molar-refractivity contribution in [2.75, 3.05) is 29.5 Å². The van der Waals surface area contributed by atoms with Crippen molar-refractivity contribution in [3.05, 3.63) is 54.1 Å². The summed E-state index contributed by atoms with van der Waals surface area (Å²) in [5.74, 6) is -1.71. The number of nitrogens with one attached hydrogen (secondary N) is 2. The largest absolute Gasteiger partial charge is 0.394 e. The molecule has 1 unspecified atom stereocenters. The number of benzene rings is 2. The first-order valence-corrected chi connectivity index (χ1v) is 8.47. The SMILES string of the molecule is O=C(CSc1ccc(NCC(O)CO)cc1)Nc1cc(F)ccc1F. The van der Waals surface area contributed by atoms with E-state index in [1.807, 2.05) is 0 Å². The number of hydrogen-bond donors (Lipinski definition) is 4. The van der Waals surface area contributed by atoms with E-state index in [2.05, 4.69) is 10.6 Å². The second-order valence-electron chi connectivity index (χ2n) is 5.20. The standard InChI is InChI=1S/C17H18F2N2O3S/c18-11-1-6-15(19)16(7-11)21-17(24)10-25-14-4-2-12(3-5-14)20-8-13(23)9-22/h1-7,13,20,22-23H,8-10H2,(H,21,24). The van der Waals surface area contributed by atoms with Gasteiger partial charge in [0.2, 0.25) is 5.91 Å². The number of rotatable bonds is 8. The third-order valence-corrected chi connectivity index (χ3v) is 4.19. The fraction of sp³-hybridized carbons (Fsp3) is 0.235.